The van der Waals surface area contributed by atoms with Crippen molar-refractivity contribution in [2.45, 2.75) is 96.3 Å². The van der Waals surface area contributed by atoms with Gasteiger partial charge >= 0.3 is 0 Å². The van der Waals surface area contributed by atoms with Gasteiger partial charge in [-0.3, -0.25) is 0 Å². The van der Waals surface area contributed by atoms with Gasteiger partial charge in [0.25, 0.3) is 0 Å². The van der Waals surface area contributed by atoms with Gasteiger partial charge in [-0.05, 0) is 105 Å². The predicted octanol–water partition coefficient (Wildman–Crippen LogP) is 8.07. The van der Waals surface area contributed by atoms with E-state index in [0.29, 0.717) is 23.5 Å². The van der Waals surface area contributed by atoms with E-state index in [1.54, 1.807) is 6.07 Å². The monoisotopic (exact) mass is 452 g/mol. The van der Waals surface area contributed by atoms with Crippen molar-refractivity contribution in [3.63, 3.8) is 0 Å². The van der Waals surface area contributed by atoms with Crippen LogP contribution in [-0.2, 0) is 12.8 Å². The molecule has 1 heterocycles. The lowest BCUT2D eigenvalue weighted by atomic mass is 9.67. The zero-order valence-electron chi connectivity index (χ0n) is 20.2. The zero-order chi connectivity index (χ0) is 23.2. The smallest absolute Gasteiger partial charge is 0.162 e. The van der Waals surface area contributed by atoms with Crippen molar-refractivity contribution in [2.75, 3.05) is 0 Å². The summed E-state index contributed by atoms with van der Waals surface area (Å²) in [7, 11) is 0. The summed E-state index contributed by atoms with van der Waals surface area (Å²) in [5.41, 5.74) is 2.40. The second-order valence-electron chi connectivity index (χ2n) is 10.1. The van der Waals surface area contributed by atoms with E-state index in [2.05, 4.69) is 16.0 Å². The molecular weight excluding hydrogens is 414 g/mol. The third-order valence-electron chi connectivity index (χ3n) is 8.09. The maximum absolute atomic E-state index is 14.7. The van der Waals surface area contributed by atoms with Crippen LogP contribution in [0.5, 0.6) is 0 Å². The Kier molecular flexibility index (Phi) is 8.27. The van der Waals surface area contributed by atoms with E-state index in [-0.39, 0.29) is 5.92 Å². The molecule has 4 heteroatoms. The first-order valence-corrected chi connectivity index (χ1v) is 13.0. The molecule has 2 fully saturated rings. The van der Waals surface area contributed by atoms with Crippen LogP contribution in [0.25, 0.3) is 0 Å². The van der Waals surface area contributed by atoms with E-state index in [4.69, 9.17) is 0 Å². The molecule has 0 unspecified atom stereocenters. The van der Waals surface area contributed by atoms with Gasteiger partial charge in [0.2, 0.25) is 0 Å². The van der Waals surface area contributed by atoms with E-state index in [1.807, 2.05) is 38.4 Å². The number of hydrogen-bond acceptors (Lipinski definition) is 2. The van der Waals surface area contributed by atoms with Crippen molar-refractivity contribution in [1.82, 2.24) is 9.97 Å². The summed E-state index contributed by atoms with van der Waals surface area (Å²) in [6.45, 7) is 4.01. The van der Waals surface area contributed by atoms with Crippen molar-refractivity contribution in [1.29, 1.82) is 0 Å². The average molecular weight is 453 g/mol. The molecule has 2 aliphatic carbocycles. The first kappa shape index (κ1) is 24.0. The molecular formula is C29H38F2N2. The van der Waals surface area contributed by atoms with Gasteiger partial charge in [-0.25, -0.2) is 18.7 Å². The lowest BCUT2D eigenvalue weighted by Gasteiger charge is -2.38. The largest absolute Gasteiger partial charge is 0.241 e. The molecule has 0 bridgehead atoms. The van der Waals surface area contributed by atoms with Crippen LogP contribution in [0.1, 0.15) is 106 Å². The Labute approximate surface area is 197 Å². The number of benzene rings is 1. The maximum atomic E-state index is 14.7. The number of nitrogens with zero attached hydrogens (tertiary/aromatic N) is 2. The van der Waals surface area contributed by atoms with Gasteiger partial charge in [0.05, 0.1) is 0 Å². The molecule has 178 valence electrons. The van der Waals surface area contributed by atoms with E-state index in [1.165, 1.54) is 31.2 Å². The summed E-state index contributed by atoms with van der Waals surface area (Å²) in [5, 5.41) is 0. The Morgan fingerprint density at radius 2 is 1.45 bits per heavy atom. The standard InChI is InChI=1S/C29H38F2N2/c1-3-5-7-27-32-18-25(19-33-27)22-10-8-20(9-11-22)21-12-14-23(15-13-21)26-17-16-24(6-4-2)28(30)29(26)31/h3,5,16-23H,4,6-15H2,1-2H3/b5-3+. The molecule has 0 radical (unpaired) electrons. The summed E-state index contributed by atoms with van der Waals surface area (Å²) < 4.78 is 29.2. The molecule has 2 aromatic rings. The fourth-order valence-corrected chi connectivity index (χ4v) is 6.11. The van der Waals surface area contributed by atoms with Crippen LogP contribution < -0.4 is 0 Å². The molecule has 0 atom stereocenters. The first-order valence-electron chi connectivity index (χ1n) is 13.0. The molecule has 2 saturated carbocycles. The van der Waals surface area contributed by atoms with E-state index in [0.717, 1.165) is 56.2 Å². The Hall–Kier alpha value is -2.10. The van der Waals surface area contributed by atoms with E-state index < -0.39 is 11.6 Å². The number of aromatic nitrogens is 2. The van der Waals surface area contributed by atoms with Crippen LogP contribution in [0, 0.1) is 23.5 Å². The lowest BCUT2D eigenvalue weighted by Crippen LogP contribution is -2.25. The van der Waals surface area contributed by atoms with Crippen molar-refractivity contribution in [3.05, 3.63) is 70.8 Å². The highest BCUT2D eigenvalue weighted by Gasteiger charge is 2.33. The second kappa shape index (κ2) is 11.4. The summed E-state index contributed by atoms with van der Waals surface area (Å²) in [5.74, 6) is 1.92. The Morgan fingerprint density at radius 1 is 0.848 bits per heavy atom. The molecule has 4 rings (SSSR count). The third kappa shape index (κ3) is 5.70. The summed E-state index contributed by atoms with van der Waals surface area (Å²) in [4.78, 5) is 9.09. The number of hydrogen-bond donors (Lipinski definition) is 0. The Balaban J connectivity index is 1.28. The minimum absolute atomic E-state index is 0.168. The van der Waals surface area contributed by atoms with Crippen LogP contribution in [0.4, 0.5) is 8.78 Å². The van der Waals surface area contributed by atoms with Crippen molar-refractivity contribution in [3.8, 4) is 0 Å². The van der Waals surface area contributed by atoms with Crippen LogP contribution in [0.3, 0.4) is 0 Å². The van der Waals surface area contributed by atoms with Gasteiger partial charge < -0.3 is 0 Å². The van der Waals surface area contributed by atoms with E-state index in [9.17, 15) is 8.78 Å². The summed E-state index contributed by atoms with van der Waals surface area (Å²) in [6, 6.07) is 3.66. The molecule has 2 nitrogen and oxygen atoms in total. The van der Waals surface area contributed by atoms with Gasteiger partial charge in [0.15, 0.2) is 11.6 Å². The Bertz CT molecular complexity index is 921. The molecule has 2 aliphatic rings. The molecule has 0 spiro atoms. The highest BCUT2D eigenvalue weighted by atomic mass is 19.2. The van der Waals surface area contributed by atoms with Gasteiger partial charge in [-0.15, -0.1) is 0 Å². The van der Waals surface area contributed by atoms with Crippen molar-refractivity contribution < 1.29 is 8.78 Å². The van der Waals surface area contributed by atoms with Crippen LogP contribution >= 0.6 is 0 Å². The molecule has 0 N–H and O–H groups in total. The first-order chi connectivity index (χ1) is 16.1. The highest BCUT2D eigenvalue weighted by Crippen LogP contribution is 2.46. The number of aryl methyl sites for hydroxylation is 1. The predicted molar refractivity (Wildman–Crippen MR) is 130 cm³/mol. The average Bonchev–Trinajstić information content (AvgIpc) is 2.86. The lowest BCUT2D eigenvalue weighted by molar-refractivity contribution is 0.176. The van der Waals surface area contributed by atoms with Crippen LogP contribution in [-0.4, -0.2) is 9.97 Å². The SMILES string of the molecule is C/C=C/Cc1ncc(C2CCC(C3CCC(c4ccc(CCC)c(F)c4F)CC3)CC2)cn1. The number of halogens is 2. The fraction of sp³-hybridized carbons (Fsp3) is 0.586. The maximum Gasteiger partial charge on any atom is 0.162 e. The van der Waals surface area contributed by atoms with Gasteiger partial charge in [0.1, 0.15) is 5.82 Å². The summed E-state index contributed by atoms with van der Waals surface area (Å²) in [6.07, 6.45) is 19.6. The van der Waals surface area contributed by atoms with Crippen molar-refractivity contribution in [2.24, 2.45) is 11.8 Å². The topological polar surface area (TPSA) is 25.8 Å². The van der Waals surface area contributed by atoms with Gasteiger partial charge in [-0.1, -0.05) is 37.6 Å². The molecule has 0 saturated heterocycles. The second-order valence-corrected chi connectivity index (χ2v) is 10.1. The molecule has 0 aliphatic heterocycles. The van der Waals surface area contributed by atoms with E-state index >= 15 is 0 Å². The number of allylic oxidation sites excluding steroid dienone is 2. The third-order valence-corrected chi connectivity index (χ3v) is 8.09. The highest BCUT2D eigenvalue weighted by molar-refractivity contribution is 5.29. The molecule has 0 amide bonds. The van der Waals surface area contributed by atoms with Crippen LogP contribution in [0.15, 0.2) is 36.7 Å². The molecule has 1 aromatic carbocycles. The Morgan fingerprint density at radius 3 is 2.03 bits per heavy atom. The van der Waals surface area contributed by atoms with Crippen LogP contribution in [0.2, 0.25) is 0 Å². The minimum atomic E-state index is -0.617. The summed E-state index contributed by atoms with van der Waals surface area (Å²) >= 11 is 0. The quantitative estimate of drug-likeness (QED) is 0.397. The molecule has 1 aromatic heterocycles. The number of rotatable bonds is 7. The molecule has 33 heavy (non-hydrogen) atoms. The van der Waals surface area contributed by atoms with Gasteiger partial charge in [-0.2, -0.15) is 0 Å². The minimum Gasteiger partial charge on any atom is -0.241 e. The normalized spacial score (nSPS) is 26.1. The fourth-order valence-electron chi connectivity index (χ4n) is 6.11. The van der Waals surface area contributed by atoms with Crippen molar-refractivity contribution >= 4 is 0 Å². The van der Waals surface area contributed by atoms with Gasteiger partial charge in [0, 0.05) is 18.8 Å². The zero-order valence-corrected chi connectivity index (χ0v) is 20.2.